The van der Waals surface area contributed by atoms with E-state index in [2.05, 4.69) is 5.32 Å². The Labute approximate surface area is 187 Å². The third-order valence-corrected chi connectivity index (χ3v) is 6.40. The van der Waals surface area contributed by atoms with E-state index in [0.29, 0.717) is 27.6 Å². The normalized spacial score (nSPS) is 13.2. The second-order valence-electron chi connectivity index (χ2n) is 7.24. The van der Waals surface area contributed by atoms with Crippen molar-refractivity contribution in [3.05, 3.63) is 69.6 Å². The Bertz CT molecular complexity index is 1250. The molecule has 0 bridgehead atoms. The molecule has 4 rings (SSSR count). The fourth-order valence-electron chi connectivity index (χ4n) is 3.63. The number of benzene rings is 1. The lowest BCUT2D eigenvalue weighted by Crippen LogP contribution is -2.16. The van der Waals surface area contributed by atoms with Crippen LogP contribution in [0.25, 0.3) is 17.4 Å². The van der Waals surface area contributed by atoms with E-state index >= 15 is 0 Å². The van der Waals surface area contributed by atoms with Crippen LogP contribution < -0.4 is 5.32 Å². The topological polar surface area (TPSA) is 92.3 Å². The first-order valence-corrected chi connectivity index (χ1v) is 10.8. The molecule has 6 nitrogen and oxygen atoms in total. The summed E-state index contributed by atoms with van der Waals surface area (Å²) in [6.07, 6.45) is 4.93. The van der Waals surface area contributed by atoms with Crippen LogP contribution in [0.5, 0.6) is 0 Å². The van der Waals surface area contributed by atoms with Crippen molar-refractivity contribution in [3.8, 4) is 17.4 Å². The fraction of sp³-hybridized carbons (Fsp3) is 0.208. The maximum Gasteiger partial charge on any atom is 0.341 e. The van der Waals surface area contributed by atoms with Crippen molar-refractivity contribution in [3.63, 3.8) is 0 Å². The van der Waals surface area contributed by atoms with Crippen LogP contribution in [-0.4, -0.2) is 19.0 Å². The molecule has 0 fully saturated rings. The number of nitrogens with zero attached hydrogens (tertiary/aromatic N) is 1. The number of thiophene rings is 1. The molecule has 0 aliphatic heterocycles. The Morgan fingerprint density at radius 2 is 1.94 bits per heavy atom. The zero-order chi connectivity index (χ0) is 22.7. The summed E-state index contributed by atoms with van der Waals surface area (Å²) in [5.41, 5.74) is 1.78. The summed E-state index contributed by atoms with van der Waals surface area (Å²) in [4.78, 5) is 26.2. The van der Waals surface area contributed by atoms with Crippen LogP contribution in [-0.2, 0) is 22.4 Å². The number of rotatable bonds is 5. The number of amides is 1. The monoisotopic (exact) mass is 450 g/mol. The van der Waals surface area contributed by atoms with Gasteiger partial charge < -0.3 is 14.5 Å². The Hall–Kier alpha value is -3.70. The van der Waals surface area contributed by atoms with Gasteiger partial charge in [0.1, 0.15) is 34.0 Å². The summed E-state index contributed by atoms with van der Waals surface area (Å²) in [6, 6.07) is 11.0. The number of nitriles is 1. The van der Waals surface area contributed by atoms with Gasteiger partial charge in [0.05, 0.1) is 12.7 Å². The number of carbonyl (C=O) groups is 2. The Morgan fingerprint density at radius 3 is 2.66 bits per heavy atom. The molecule has 0 atom stereocenters. The van der Waals surface area contributed by atoms with Gasteiger partial charge in [0.2, 0.25) is 0 Å². The minimum atomic E-state index is -0.643. The van der Waals surface area contributed by atoms with Gasteiger partial charge in [-0.1, -0.05) is 0 Å². The molecule has 0 unspecified atom stereocenters. The molecular weight excluding hydrogens is 431 g/mol. The van der Waals surface area contributed by atoms with E-state index in [1.807, 2.05) is 6.07 Å². The molecule has 0 saturated heterocycles. The Morgan fingerprint density at radius 1 is 1.19 bits per heavy atom. The van der Waals surface area contributed by atoms with Crippen LogP contribution in [0.1, 0.15) is 39.4 Å². The van der Waals surface area contributed by atoms with Gasteiger partial charge in [-0.15, -0.1) is 11.3 Å². The molecule has 1 N–H and O–H groups in total. The highest BCUT2D eigenvalue weighted by atomic mass is 32.1. The lowest BCUT2D eigenvalue weighted by molar-refractivity contribution is -0.112. The smallest absolute Gasteiger partial charge is 0.341 e. The average Bonchev–Trinajstić information content (AvgIpc) is 3.41. The lowest BCUT2D eigenvalue weighted by Gasteiger charge is -2.11. The molecule has 1 amide bonds. The second kappa shape index (κ2) is 9.20. The van der Waals surface area contributed by atoms with Crippen LogP contribution in [0, 0.1) is 17.1 Å². The van der Waals surface area contributed by atoms with Gasteiger partial charge in [-0.05, 0) is 67.6 Å². The van der Waals surface area contributed by atoms with Gasteiger partial charge >= 0.3 is 5.97 Å². The third-order valence-electron chi connectivity index (χ3n) is 5.20. The number of nitrogens with one attached hydrogen (secondary N) is 1. The first kappa shape index (κ1) is 21.5. The van der Waals surface area contributed by atoms with Crippen molar-refractivity contribution in [2.24, 2.45) is 0 Å². The van der Waals surface area contributed by atoms with Crippen LogP contribution in [0.15, 0.2) is 46.4 Å². The molecule has 1 aromatic carbocycles. The van der Waals surface area contributed by atoms with Crippen LogP contribution in [0.3, 0.4) is 0 Å². The van der Waals surface area contributed by atoms with E-state index < -0.39 is 11.9 Å². The molecule has 1 aliphatic carbocycles. The molecule has 0 spiro atoms. The van der Waals surface area contributed by atoms with E-state index in [0.717, 1.165) is 36.1 Å². The molecule has 8 heteroatoms. The minimum Gasteiger partial charge on any atom is -0.465 e. The quantitative estimate of drug-likeness (QED) is 0.321. The number of carbonyl (C=O) groups excluding carboxylic acids is 2. The summed E-state index contributed by atoms with van der Waals surface area (Å²) in [5, 5.41) is 12.6. The maximum absolute atomic E-state index is 13.1. The minimum absolute atomic E-state index is 0.174. The molecule has 2 aromatic heterocycles. The number of hydrogen-bond acceptors (Lipinski definition) is 6. The summed E-state index contributed by atoms with van der Waals surface area (Å²) in [6.45, 7) is 0. The zero-order valence-corrected chi connectivity index (χ0v) is 18.1. The van der Waals surface area contributed by atoms with E-state index in [9.17, 15) is 19.2 Å². The molecule has 0 radical (unpaired) electrons. The number of furan rings is 1. The highest BCUT2D eigenvalue weighted by Crippen LogP contribution is 2.38. The first-order chi connectivity index (χ1) is 15.5. The SMILES string of the molecule is COC(=O)c1c(NC(=O)/C(C#N)=C/c2ccc(-c3ccc(F)cc3)o2)sc2c1CCCC2. The van der Waals surface area contributed by atoms with E-state index in [4.69, 9.17) is 9.15 Å². The summed E-state index contributed by atoms with van der Waals surface area (Å²) >= 11 is 1.35. The van der Waals surface area contributed by atoms with Gasteiger partial charge in [-0.2, -0.15) is 5.26 Å². The number of hydrogen-bond donors (Lipinski definition) is 1. The van der Waals surface area contributed by atoms with Crippen LogP contribution in [0.4, 0.5) is 9.39 Å². The van der Waals surface area contributed by atoms with Gasteiger partial charge in [-0.3, -0.25) is 4.79 Å². The molecule has 32 heavy (non-hydrogen) atoms. The van der Waals surface area contributed by atoms with Crippen molar-refractivity contribution in [1.82, 2.24) is 0 Å². The summed E-state index contributed by atoms with van der Waals surface area (Å²) < 4.78 is 23.7. The molecule has 0 saturated carbocycles. The van der Waals surface area contributed by atoms with Gasteiger partial charge in [0, 0.05) is 16.5 Å². The number of halogens is 1. The maximum atomic E-state index is 13.1. The predicted molar refractivity (Wildman–Crippen MR) is 119 cm³/mol. The van der Waals surface area contributed by atoms with Crippen molar-refractivity contribution in [2.45, 2.75) is 25.7 Å². The number of methoxy groups -OCH3 is 1. The van der Waals surface area contributed by atoms with Crippen molar-refractivity contribution >= 4 is 34.3 Å². The van der Waals surface area contributed by atoms with E-state index in [1.165, 1.54) is 36.7 Å². The number of anilines is 1. The zero-order valence-electron chi connectivity index (χ0n) is 17.2. The molecule has 1 aliphatic rings. The molecule has 162 valence electrons. The molecular formula is C24H19FN2O4S. The van der Waals surface area contributed by atoms with Gasteiger partial charge in [0.15, 0.2) is 0 Å². The van der Waals surface area contributed by atoms with E-state index in [1.54, 1.807) is 24.3 Å². The van der Waals surface area contributed by atoms with Crippen LogP contribution >= 0.6 is 11.3 Å². The third kappa shape index (κ3) is 4.34. The highest BCUT2D eigenvalue weighted by Gasteiger charge is 2.27. The van der Waals surface area contributed by atoms with Crippen molar-refractivity contribution in [2.75, 3.05) is 12.4 Å². The van der Waals surface area contributed by atoms with Gasteiger partial charge in [0.25, 0.3) is 5.91 Å². The van der Waals surface area contributed by atoms with Crippen molar-refractivity contribution < 1.29 is 23.1 Å². The van der Waals surface area contributed by atoms with Gasteiger partial charge in [-0.25, -0.2) is 9.18 Å². The van der Waals surface area contributed by atoms with Crippen LogP contribution in [0.2, 0.25) is 0 Å². The number of ether oxygens (including phenoxy) is 1. The Kier molecular flexibility index (Phi) is 6.19. The predicted octanol–water partition coefficient (Wildman–Crippen LogP) is 5.36. The van der Waals surface area contributed by atoms with E-state index in [-0.39, 0.29) is 11.4 Å². The average molecular weight is 450 g/mol. The highest BCUT2D eigenvalue weighted by molar-refractivity contribution is 7.17. The Balaban J connectivity index is 1.59. The number of esters is 1. The first-order valence-electron chi connectivity index (χ1n) is 10.0. The summed E-state index contributed by atoms with van der Waals surface area (Å²) in [5.74, 6) is -0.721. The largest absolute Gasteiger partial charge is 0.465 e. The molecule has 2 heterocycles. The fourth-order valence-corrected chi connectivity index (χ4v) is 4.91. The number of fused-ring (bicyclic) bond motifs is 1. The second-order valence-corrected chi connectivity index (χ2v) is 8.34. The molecule has 3 aromatic rings. The standard InChI is InChI=1S/C24H19FN2O4S/c1-30-24(29)21-18-4-2-3-5-20(18)32-23(21)27-22(28)15(13-26)12-17-10-11-19(31-17)14-6-8-16(25)9-7-14/h6-12H,2-5H2,1H3,(H,27,28)/b15-12+. The number of aryl methyl sites for hydroxylation is 1. The lowest BCUT2D eigenvalue weighted by atomic mass is 9.95. The van der Waals surface area contributed by atoms with Crippen molar-refractivity contribution in [1.29, 1.82) is 5.26 Å². The summed E-state index contributed by atoms with van der Waals surface area (Å²) in [7, 11) is 1.30.